The molecule has 0 bridgehead atoms. The van der Waals surface area contributed by atoms with Crippen molar-refractivity contribution in [3.63, 3.8) is 0 Å². The molecule has 0 unspecified atom stereocenters. The van der Waals surface area contributed by atoms with Crippen LogP contribution in [0.1, 0.15) is 46.5 Å². The second-order valence-electron chi connectivity index (χ2n) is 8.68. The first-order valence-corrected chi connectivity index (χ1v) is 12.1. The highest BCUT2D eigenvalue weighted by molar-refractivity contribution is 7.89. The molecule has 0 aliphatic carbocycles. The molecule has 2 rings (SSSR count). The van der Waals surface area contributed by atoms with E-state index in [1.165, 1.54) is 29.7 Å². The predicted octanol–water partition coefficient (Wildman–Crippen LogP) is 3.01. The monoisotopic (exact) mass is 486 g/mol. The second kappa shape index (κ2) is 11.6. The summed E-state index contributed by atoms with van der Waals surface area (Å²) in [6.45, 7) is 5.53. The summed E-state index contributed by atoms with van der Waals surface area (Å²) in [5.74, 6) is -0.952. The van der Waals surface area contributed by atoms with Crippen molar-refractivity contribution >= 4 is 22.0 Å². The van der Waals surface area contributed by atoms with Gasteiger partial charge in [0.15, 0.2) is 0 Å². The van der Waals surface area contributed by atoms with Crippen molar-refractivity contribution in [2.45, 2.75) is 57.0 Å². The van der Waals surface area contributed by atoms with Crippen molar-refractivity contribution in [1.82, 2.24) is 9.29 Å². The summed E-state index contributed by atoms with van der Waals surface area (Å²) in [6.07, 6.45) is 2.47. The highest BCUT2D eigenvalue weighted by Crippen LogP contribution is 2.25. The van der Waals surface area contributed by atoms with Crippen LogP contribution >= 0.6 is 0 Å². The van der Waals surface area contributed by atoms with Gasteiger partial charge in [-0.25, -0.2) is 17.8 Å². The van der Waals surface area contributed by atoms with E-state index < -0.39 is 21.6 Å². The molecule has 0 spiro atoms. The molecule has 0 N–H and O–H groups in total. The topological polar surface area (TPSA) is 112 Å². The Morgan fingerprint density at radius 2 is 1.88 bits per heavy atom. The SMILES string of the molecule is COC(=O)C1CCN(S(=O)(=O)c2ccc(OCC(=CF)CCC(=O)OC(C)(C)C)nc2)CC1. The van der Waals surface area contributed by atoms with Crippen LogP contribution in [-0.2, 0) is 29.1 Å². The number of carbonyl (C=O) groups excluding carboxylic acids is 2. The molecule has 0 aromatic carbocycles. The molecule has 0 saturated carbocycles. The van der Waals surface area contributed by atoms with Crippen LogP contribution in [0.3, 0.4) is 0 Å². The zero-order valence-electron chi connectivity index (χ0n) is 19.4. The number of sulfonamides is 1. The molecule has 9 nitrogen and oxygen atoms in total. The number of nitrogens with zero attached hydrogens (tertiary/aromatic N) is 2. The third kappa shape index (κ3) is 8.08. The molecular formula is C22H31FN2O7S. The van der Waals surface area contributed by atoms with Crippen molar-refractivity contribution in [3.05, 3.63) is 30.2 Å². The van der Waals surface area contributed by atoms with Gasteiger partial charge in [-0.05, 0) is 51.7 Å². The van der Waals surface area contributed by atoms with Gasteiger partial charge >= 0.3 is 11.9 Å². The first-order valence-electron chi connectivity index (χ1n) is 10.6. The lowest BCUT2D eigenvalue weighted by molar-refractivity contribution is -0.154. The van der Waals surface area contributed by atoms with Gasteiger partial charge in [0.25, 0.3) is 0 Å². The lowest BCUT2D eigenvalue weighted by atomic mass is 9.99. The summed E-state index contributed by atoms with van der Waals surface area (Å²) in [5, 5.41) is 0. The Morgan fingerprint density at radius 3 is 2.39 bits per heavy atom. The summed E-state index contributed by atoms with van der Waals surface area (Å²) >= 11 is 0. The predicted molar refractivity (Wildman–Crippen MR) is 118 cm³/mol. The number of piperidine rings is 1. The Hall–Kier alpha value is -2.53. The summed E-state index contributed by atoms with van der Waals surface area (Å²) < 4.78 is 55.5. The van der Waals surface area contributed by atoms with E-state index in [4.69, 9.17) is 14.2 Å². The summed E-state index contributed by atoms with van der Waals surface area (Å²) in [6, 6.07) is 2.75. The van der Waals surface area contributed by atoms with E-state index in [9.17, 15) is 22.4 Å². The van der Waals surface area contributed by atoms with Crippen LogP contribution in [0.2, 0.25) is 0 Å². The van der Waals surface area contributed by atoms with Gasteiger partial charge in [0.1, 0.15) is 17.1 Å². The van der Waals surface area contributed by atoms with E-state index in [1.54, 1.807) is 20.8 Å². The molecule has 0 radical (unpaired) electrons. The smallest absolute Gasteiger partial charge is 0.308 e. The highest BCUT2D eigenvalue weighted by Gasteiger charge is 2.32. The van der Waals surface area contributed by atoms with Gasteiger partial charge in [0.2, 0.25) is 15.9 Å². The highest BCUT2D eigenvalue weighted by atomic mass is 32.2. The minimum absolute atomic E-state index is 0.00227. The summed E-state index contributed by atoms with van der Waals surface area (Å²) in [7, 11) is -2.45. The third-order valence-corrected chi connectivity index (χ3v) is 6.85. The molecule has 2 heterocycles. The number of hydrogen-bond acceptors (Lipinski definition) is 8. The standard InChI is InChI=1S/C22H31FN2O7S/c1-22(2,3)32-20(26)8-5-16(13-23)15-31-19-7-6-18(14-24-19)33(28,29)25-11-9-17(10-12-25)21(27)30-4/h6-7,13-14,17H,5,8-12,15H2,1-4H3. The Bertz CT molecular complexity index is 948. The molecule has 1 aromatic heterocycles. The minimum atomic E-state index is -3.76. The van der Waals surface area contributed by atoms with Crippen LogP contribution in [0, 0.1) is 5.92 Å². The summed E-state index contributed by atoms with van der Waals surface area (Å²) in [5.41, 5.74) is -0.371. The van der Waals surface area contributed by atoms with Crippen LogP contribution in [0.15, 0.2) is 35.1 Å². The van der Waals surface area contributed by atoms with Crippen molar-refractivity contribution in [1.29, 1.82) is 0 Å². The van der Waals surface area contributed by atoms with E-state index in [0.717, 1.165) is 0 Å². The summed E-state index contributed by atoms with van der Waals surface area (Å²) in [4.78, 5) is 27.4. The maximum atomic E-state index is 13.1. The van der Waals surface area contributed by atoms with Crippen LogP contribution in [0.25, 0.3) is 0 Å². The van der Waals surface area contributed by atoms with Crippen molar-refractivity contribution < 1.29 is 36.6 Å². The normalized spacial score (nSPS) is 16.3. The number of esters is 2. The molecule has 0 amide bonds. The Morgan fingerprint density at radius 1 is 1.21 bits per heavy atom. The zero-order valence-corrected chi connectivity index (χ0v) is 20.2. The van der Waals surface area contributed by atoms with Gasteiger partial charge in [0, 0.05) is 25.6 Å². The van der Waals surface area contributed by atoms with E-state index in [1.807, 2.05) is 0 Å². The van der Waals surface area contributed by atoms with Crippen molar-refractivity contribution in [2.24, 2.45) is 5.92 Å². The second-order valence-corrected chi connectivity index (χ2v) is 10.6. The zero-order chi connectivity index (χ0) is 24.6. The maximum absolute atomic E-state index is 13.1. The van der Waals surface area contributed by atoms with Crippen LogP contribution in [-0.4, -0.2) is 62.1 Å². The van der Waals surface area contributed by atoms with Gasteiger partial charge in [0.05, 0.1) is 25.6 Å². The first kappa shape index (κ1) is 26.7. The van der Waals surface area contributed by atoms with Crippen LogP contribution < -0.4 is 4.74 Å². The number of aromatic nitrogens is 1. The quantitative estimate of drug-likeness (QED) is 0.490. The number of pyridine rings is 1. The van der Waals surface area contributed by atoms with E-state index in [0.29, 0.717) is 19.2 Å². The van der Waals surface area contributed by atoms with Crippen LogP contribution in [0.4, 0.5) is 4.39 Å². The minimum Gasteiger partial charge on any atom is -0.473 e. The third-order valence-electron chi connectivity index (χ3n) is 4.97. The number of methoxy groups -OCH3 is 1. The molecule has 1 aliphatic heterocycles. The average Bonchev–Trinajstić information content (AvgIpc) is 2.78. The lowest BCUT2D eigenvalue weighted by Crippen LogP contribution is -2.40. The fourth-order valence-corrected chi connectivity index (χ4v) is 4.65. The molecule has 11 heteroatoms. The van der Waals surface area contributed by atoms with Gasteiger partial charge in [-0.3, -0.25) is 9.59 Å². The largest absolute Gasteiger partial charge is 0.473 e. The molecule has 1 aromatic rings. The Kier molecular flexibility index (Phi) is 9.35. The van der Waals surface area contributed by atoms with Gasteiger partial charge in [-0.15, -0.1) is 0 Å². The number of carbonyl (C=O) groups is 2. The van der Waals surface area contributed by atoms with Gasteiger partial charge in [-0.1, -0.05) is 0 Å². The van der Waals surface area contributed by atoms with Gasteiger partial charge < -0.3 is 14.2 Å². The Balaban J connectivity index is 1.89. The lowest BCUT2D eigenvalue weighted by Gasteiger charge is -2.29. The van der Waals surface area contributed by atoms with Crippen molar-refractivity contribution in [3.8, 4) is 5.88 Å². The van der Waals surface area contributed by atoms with E-state index in [-0.39, 0.29) is 60.8 Å². The molecule has 184 valence electrons. The number of halogens is 1. The first-order chi connectivity index (χ1) is 15.5. The fraction of sp³-hybridized carbons (Fsp3) is 0.591. The fourth-order valence-electron chi connectivity index (χ4n) is 3.23. The Labute approximate surface area is 194 Å². The number of rotatable bonds is 9. The molecule has 0 atom stereocenters. The van der Waals surface area contributed by atoms with E-state index >= 15 is 0 Å². The molecule has 1 fully saturated rings. The molecule has 1 aliphatic rings. The maximum Gasteiger partial charge on any atom is 0.308 e. The van der Waals surface area contributed by atoms with Gasteiger partial charge in [-0.2, -0.15) is 4.31 Å². The molecular weight excluding hydrogens is 455 g/mol. The van der Waals surface area contributed by atoms with Crippen LogP contribution in [0.5, 0.6) is 5.88 Å². The van der Waals surface area contributed by atoms with E-state index in [2.05, 4.69) is 4.98 Å². The average molecular weight is 487 g/mol. The molecule has 1 saturated heterocycles. The van der Waals surface area contributed by atoms with Crippen molar-refractivity contribution in [2.75, 3.05) is 26.8 Å². The number of hydrogen-bond donors (Lipinski definition) is 0. The molecule has 33 heavy (non-hydrogen) atoms. The number of ether oxygens (including phenoxy) is 3.